The maximum Gasteiger partial charge on any atom is 0.319 e. The lowest BCUT2D eigenvalue weighted by Crippen LogP contribution is -2.31. The maximum absolute atomic E-state index is 13.2. The molecule has 1 fully saturated rings. The predicted molar refractivity (Wildman–Crippen MR) is 102 cm³/mol. The van der Waals surface area contributed by atoms with Crippen molar-refractivity contribution in [1.29, 1.82) is 0 Å². The highest BCUT2D eigenvalue weighted by molar-refractivity contribution is 5.89. The molecule has 0 saturated heterocycles. The lowest BCUT2D eigenvalue weighted by atomic mass is 10.2. The second-order valence-electron chi connectivity index (χ2n) is 6.82. The molecule has 1 saturated carbocycles. The summed E-state index contributed by atoms with van der Waals surface area (Å²) >= 11 is 0. The van der Waals surface area contributed by atoms with Gasteiger partial charge in [-0.1, -0.05) is 18.9 Å². The molecular formula is C20H22FN5O. The predicted octanol–water partition coefficient (Wildman–Crippen LogP) is 4.05. The molecule has 1 aliphatic rings. The lowest BCUT2D eigenvalue weighted by molar-refractivity contribution is 0.252. The van der Waals surface area contributed by atoms with Crippen LogP contribution < -0.4 is 10.6 Å². The number of aromatic nitrogens is 3. The van der Waals surface area contributed by atoms with Crippen LogP contribution in [-0.4, -0.2) is 27.1 Å². The Balaban J connectivity index is 1.42. The molecule has 2 amide bonds. The number of carbonyl (C=O) groups is 1. The van der Waals surface area contributed by atoms with Gasteiger partial charge < -0.3 is 15.2 Å². The van der Waals surface area contributed by atoms with Crippen LogP contribution in [0.4, 0.5) is 14.9 Å². The molecule has 0 unspecified atom stereocenters. The minimum absolute atomic E-state index is 0.359. The van der Waals surface area contributed by atoms with Gasteiger partial charge in [-0.25, -0.2) is 19.2 Å². The quantitative estimate of drug-likeness (QED) is 0.715. The van der Waals surface area contributed by atoms with Gasteiger partial charge in [0, 0.05) is 30.9 Å². The van der Waals surface area contributed by atoms with Gasteiger partial charge >= 0.3 is 6.03 Å². The van der Waals surface area contributed by atoms with E-state index in [9.17, 15) is 9.18 Å². The zero-order valence-electron chi connectivity index (χ0n) is 15.0. The van der Waals surface area contributed by atoms with E-state index in [2.05, 4.69) is 20.2 Å². The largest absolute Gasteiger partial charge is 0.337 e. The summed E-state index contributed by atoms with van der Waals surface area (Å²) in [7, 11) is 0. The average molecular weight is 367 g/mol. The number of fused-ring (bicyclic) bond motifs is 1. The molecule has 0 atom stereocenters. The van der Waals surface area contributed by atoms with E-state index in [0.29, 0.717) is 24.7 Å². The van der Waals surface area contributed by atoms with Crippen molar-refractivity contribution >= 4 is 22.9 Å². The second-order valence-corrected chi connectivity index (χ2v) is 6.82. The Morgan fingerprint density at radius 1 is 1.22 bits per heavy atom. The van der Waals surface area contributed by atoms with Gasteiger partial charge in [-0.2, -0.15) is 0 Å². The van der Waals surface area contributed by atoms with Gasteiger partial charge in [0.25, 0.3) is 0 Å². The molecule has 0 radical (unpaired) electrons. The van der Waals surface area contributed by atoms with Crippen LogP contribution in [0, 0.1) is 5.82 Å². The summed E-state index contributed by atoms with van der Waals surface area (Å²) in [5.41, 5.74) is 2.24. The molecule has 4 rings (SSSR count). The van der Waals surface area contributed by atoms with Crippen molar-refractivity contribution in [3.8, 4) is 0 Å². The molecule has 1 aromatic carbocycles. The van der Waals surface area contributed by atoms with Crippen molar-refractivity contribution in [1.82, 2.24) is 19.9 Å². The number of pyridine rings is 1. The first kappa shape index (κ1) is 17.5. The van der Waals surface area contributed by atoms with Crippen molar-refractivity contribution in [3.05, 3.63) is 54.2 Å². The fraction of sp³-hybridized carbons (Fsp3) is 0.350. The number of hydrogen-bond acceptors (Lipinski definition) is 3. The number of urea groups is 1. The minimum Gasteiger partial charge on any atom is -0.337 e. The summed E-state index contributed by atoms with van der Waals surface area (Å²) in [6, 6.07) is 9.76. The van der Waals surface area contributed by atoms with E-state index in [1.807, 2.05) is 12.1 Å². The highest BCUT2D eigenvalue weighted by Gasteiger charge is 2.23. The molecule has 6 nitrogen and oxygen atoms in total. The van der Waals surface area contributed by atoms with Gasteiger partial charge in [-0.3, -0.25) is 0 Å². The van der Waals surface area contributed by atoms with E-state index in [1.165, 1.54) is 25.0 Å². The molecule has 3 aromatic rings. The molecule has 140 valence electrons. The maximum atomic E-state index is 13.2. The normalized spacial score (nSPS) is 14.6. The number of carbonyl (C=O) groups excluding carboxylic acids is 1. The first-order valence-corrected chi connectivity index (χ1v) is 9.33. The third kappa shape index (κ3) is 3.92. The third-order valence-corrected chi connectivity index (χ3v) is 4.93. The van der Waals surface area contributed by atoms with E-state index >= 15 is 0 Å². The number of amides is 2. The molecule has 7 heteroatoms. The van der Waals surface area contributed by atoms with Crippen molar-refractivity contribution in [2.75, 3.05) is 11.9 Å². The Morgan fingerprint density at radius 3 is 2.89 bits per heavy atom. The summed E-state index contributed by atoms with van der Waals surface area (Å²) in [4.78, 5) is 21.3. The highest BCUT2D eigenvalue weighted by atomic mass is 19.1. The molecule has 1 aliphatic carbocycles. The van der Waals surface area contributed by atoms with Crippen molar-refractivity contribution in [3.63, 3.8) is 0 Å². The first-order valence-electron chi connectivity index (χ1n) is 9.33. The Bertz CT molecular complexity index is 948. The number of nitrogens with one attached hydrogen (secondary N) is 2. The fourth-order valence-electron chi connectivity index (χ4n) is 3.73. The van der Waals surface area contributed by atoms with Gasteiger partial charge in [-0.05, 0) is 43.2 Å². The third-order valence-electron chi connectivity index (χ3n) is 4.93. The van der Waals surface area contributed by atoms with Crippen LogP contribution in [0.1, 0.15) is 37.5 Å². The van der Waals surface area contributed by atoms with E-state index < -0.39 is 0 Å². The number of halogens is 1. The molecule has 27 heavy (non-hydrogen) atoms. The number of nitrogens with zero attached hydrogens (tertiary/aromatic N) is 3. The Kier molecular flexibility index (Phi) is 5.00. The molecule has 0 aliphatic heterocycles. The molecular weight excluding hydrogens is 345 g/mol. The summed E-state index contributed by atoms with van der Waals surface area (Å²) in [5.74, 6) is 0.562. The van der Waals surface area contributed by atoms with Crippen LogP contribution in [0.25, 0.3) is 11.2 Å². The van der Waals surface area contributed by atoms with Crippen LogP contribution in [0.15, 0.2) is 42.6 Å². The number of anilines is 1. The van der Waals surface area contributed by atoms with Crippen LogP contribution in [0.5, 0.6) is 0 Å². The first-order chi connectivity index (χ1) is 13.2. The van der Waals surface area contributed by atoms with E-state index in [4.69, 9.17) is 4.98 Å². The summed E-state index contributed by atoms with van der Waals surface area (Å²) < 4.78 is 15.4. The lowest BCUT2D eigenvalue weighted by Gasteiger charge is -2.16. The monoisotopic (exact) mass is 367 g/mol. The van der Waals surface area contributed by atoms with Crippen LogP contribution in [0.3, 0.4) is 0 Å². The van der Waals surface area contributed by atoms with Crippen LogP contribution in [-0.2, 0) is 6.42 Å². The summed E-state index contributed by atoms with van der Waals surface area (Å²) in [6.07, 6.45) is 7.15. The van der Waals surface area contributed by atoms with Gasteiger partial charge in [-0.15, -0.1) is 0 Å². The zero-order chi connectivity index (χ0) is 18.6. The standard InChI is InChI=1S/C20H22FN5O/c21-14-5-3-6-15(13-14)24-20(27)23-12-10-18-25-17-9-4-11-22-19(17)26(18)16-7-1-2-8-16/h3-6,9,11,13,16H,1-2,7-8,10,12H2,(H2,23,24,27). The van der Waals surface area contributed by atoms with E-state index in [1.54, 1.807) is 18.3 Å². The average Bonchev–Trinajstić information content (AvgIpc) is 3.28. The highest BCUT2D eigenvalue weighted by Crippen LogP contribution is 2.33. The number of benzene rings is 1. The molecule has 0 spiro atoms. The summed E-state index contributed by atoms with van der Waals surface area (Å²) in [6.45, 7) is 0.442. The molecule has 2 aromatic heterocycles. The number of hydrogen-bond donors (Lipinski definition) is 2. The van der Waals surface area contributed by atoms with Crippen molar-refractivity contribution < 1.29 is 9.18 Å². The van der Waals surface area contributed by atoms with Crippen LogP contribution in [0.2, 0.25) is 0 Å². The fourth-order valence-corrected chi connectivity index (χ4v) is 3.73. The molecule has 0 bridgehead atoms. The SMILES string of the molecule is O=C(NCCc1nc2cccnc2n1C1CCCC1)Nc1cccc(F)c1. The zero-order valence-corrected chi connectivity index (χ0v) is 15.0. The molecule has 2 N–H and O–H groups in total. The van der Waals surface area contributed by atoms with E-state index in [0.717, 1.165) is 29.8 Å². The summed E-state index contributed by atoms with van der Waals surface area (Å²) in [5, 5.41) is 5.45. The second kappa shape index (κ2) is 7.73. The minimum atomic E-state index is -0.384. The van der Waals surface area contributed by atoms with Crippen LogP contribution >= 0.6 is 0 Å². The van der Waals surface area contributed by atoms with Gasteiger partial charge in [0.2, 0.25) is 0 Å². The Morgan fingerprint density at radius 2 is 2.07 bits per heavy atom. The molecule has 2 heterocycles. The smallest absolute Gasteiger partial charge is 0.319 e. The Labute approximate surface area is 156 Å². The number of rotatable bonds is 5. The van der Waals surface area contributed by atoms with Crippen molar-refractivity contribution in [2.24, 2.45) is 0 Å². The topological polar surface area (TPSA) is 71.8 Å². The van der Waals surface area contributed by atoms with E-state index in [-0.39, 0.29) is 11.8 Å². The Hall–Kier alpha value is -2.96. The van der Waals surface area contributed by atoms with Gasteiger partial charge in [0.1, 0.15) is 17.2 Å². The van der Waals surface area contributed by atoms with Crippen molar-refractivity contribution in [2.45, 2.75) is 38.1 Å². The number of imidazole rings is 1. The van der Waals surface area contributed by atoms with Gasteiger partial charge in [0.05, 0.1) is 0 Å². The van der Waals surface area contributed by atoms with Gasteiger partial charge in [0.15, 0.2) is 5.65 Å².